The van der Waals surface area contributed by atoms with E-state index in [0.717, 1.165) is 0 Å². The molecule has 0 aliphatic rings. The molecule has 86 valence electrons. The van der Waals surface area contributed by atoms with Crippen molar-refractivity contribution in [1.82, 2.24) is 9.97 Å². The van der Waals surface area contributed by atoms with Crippen LogP contribution >= 0.6 is 11.3 Å². The Morgan fingerprint density at radius 3 is 3.00 bits per heavy atom. The topological polar surface area (TPSA) is 64.4 Å². The van der Waals surface area contributed by atoms with E-state index in [1.807, 2.05) is 0 Å². The zero-order chi connectivity index (χ0) is 12.1. The summed E-state index contributed by atoms with van der Waals surface area (Å²) in [5, 5.41) is 5.52. The Kier molecular flexibility index (Phi) is 3.56. The zero-order valence-corrected chi connectivity index (χ0v) is 9.85. The summed E-state index contributed by atoms with van der Waals surface area (Å²) in [6.45, 7) is 1.70. The average Bonchev–Trinajstić information content (AvgIpc) is 2.90. The van der Waals surface area contributed by atoms with E-state index in [9.17, 15) is 4.79 Å². The van der Waals surface area contributed by atoms with Crippen LogP contribution in [0.15, 0.2) is 41.3 Å². The summed E-state index contributed by atoms with van der Waals surface area (Å²) in [6.07, 6.45) is 4.67. The van der Waals surface area contributed by atoms with Gasteiger partial charge in [-0.3, -0.25) is 9.97 Å². The third kappa shape index (κ3) is 2.94. The molecule has 0 unspecified atom stereocenters. The van der Waals surface area contributed by atoms with Gasteiger partial charge in [-0.2, -0.15) is 0 Å². The van der Waals surface area contributed by atoms with Crippen LogP contribution < -0.4 is 0 Å². The van der Waals surface area contributed by atoms with E-state index in [0.29, 0.717) is 16.3 Å². The molecule has 0 aliphatic heterocycles. The Labute approximate surface area is 102 Å². The third-order valence-corrected chi connectivity index (χ3v) is 2.77. The van der Waals surface area contributed by atoms with Gasteiger partial charge in [0.25, 0.3) is 0 Å². The first-order valence-corrected chi connectivity index (χ1v) is 5.71. The van der Waals surface area contributed by atoms with Gasteiger partial charge in [-0.05, 0) is 18.4 Å². The van der Waals surface area contributed by atoms with Crippen molar-refractivity contribution in [2.75, 3.05) is 0 Å². The maximum Gasteiger partial charge on any atom is 0.375 e. The molecule has 0 aromatic carbocycles. The molecule has 0 saturated heterocycles. The summed E-state index contributed by atoms with van der Waals surface area (Å²) in [6, 6.07) is 3.46. The minimum absolute atomic E-state index is 0.469. The first-order valence-electron chi connectivity index (χ1n) is 4.83. The van der Waals surface area contributed by atoms with Crippen LogP contribution in [-0.4, -0.2) is 21.6 Å². The standard InChI is InChI=1S/C11H9N3O2S/c1-8(9-7-12-4-5-13-9)14-16-11(15)10-3-2-6-17-10/h2-7H,1H3/b14-8-. The van der Waals surface area contributed by atoms with Crippen molar-refractivity contribution in [1.29, 1.82) is 0 Å². The fraction of sp³-hybridized carbons (Fsp3) is 0.0909. The second kappa shape index (κ2) is 5.31. The van der Waals surface area contributed by atoms with Crippen LogP contribution in [0.25, 0.3) is 0 Å². The normalized spacial score (nSPS) is 11.2. The molecule has 0 radical (unpaired) electrons. The lowest BCUT2D eigenvalue weighted by Crippen LogP contribution is -2.03. The number of aromatic nitrogens is 2. The van der Waals surface area contributed by atoms with Gasteiger partial charge < -0.3 is 4.84 Å². The van der Waals surface area contributed by atoms with Gasteiger partial charge in [0.2, 0.25) is 0 Å². The van der Waals surface area contributed by atoms with Crippen molar-refractivity contribution in [3.8, 4) is 0 Å². The van der Waals surface area contributed by atoms with Crippen LogP contribution in [0.1, 0.15) is 22.3 Å². The predicted molar refractivity (Wildman–Crippen MR) is 64.0 cm³/mol. The maximum atomic E-state index is 11.5. The van der Waals surface area contributed by atoms with Crippen LogP contribution in [0.5, 0.6) is 0 Å². The van der Waals surface area contributed by atoms with E-state index < -0.39 is 5.97 Å². The molecule has 0 fully saturated rings. The number of hydrogen-bond acceptors (Lipinski definition) is 6. The fourth-order valence-electron chi connectivity index (χ4n) is 1.08. The smallest absolute Gasteiger partial charge is 0.312 e. The number of carbonyl (C=O) groups is 1. The largest absolute Gasteiger partial charge is 0.375 e. The summed E-state index contributed by atoms with van der Waals surface area (Å²) >= 11 is 1.31. The van der Waals surface area contributed by atoms with Crippen molar-refractivity contribution < 1.29 is 9.63 Å². The van der Waals surface area contributed by atoms with E-state index >= 15 is 0 Å². The van der Waals surface area contributed by atoms with Gasteiger partial charge in [-0.1, -0.05) is 11.2 Å². The lowest BCUT2D eigenvalue weighted by Gasteiger charge is -1.98. The van der Waals surface area contributed by atoms with Crippen molar-refractivity contribution in [3.05, 3.63) is 46.7 Å². The van der Waals surface area contributed by atoms with Gasteiger partial charge in [0.05, 0.1) is 6.20 Å². The molecule has 0 N–H and O–H groups in total. The summed E-state index contributed by atoms with van der Waals surface area (Å²) in [5.41, 5.74) is 1.08. The molecule has 6 heteroatoms. The number of nitrogens with zero attached hydrogens (tertiary/aromatic N) is 3. The monoisotopic (exact) mass is 247 g/mol. The molecule has 0 atom stereocenters. The van der Waals surface area contributed by atoms with Gasteiger partial charge in [0, 0.05) is 12.4 Å². The van der Waals surface area contributed by atoms with E-state index in [4.69, 9.17) is 4.84 Å². The second-order valence-corrected chi connectivity index (χ2v) is 4.07. The highest BCUT2D eigenvalue weighted by molar-refractivity contribution is 7.11. The lowest BCUT2D eigenvalue weighted by atomic mass is 10.3. The molecule has 2 aromatic rings. The quantitative estimate of drug-likeness (QED) is 0.473. The summed E-state index contributed by atoms with van der Waals surface area (Å²) in [7, 11) is 0. The second-order valence-electron chi connectivity index (χ2n) is 3.12. The van der Waals surface area contributed by atoms with Crippen LogP contribution in [0, 0.1) is 0 Å². The molecule has 0 bridgehead atoms. The first kappa shape index (κ1) is 11.4. The van der Waals surface area contributed by atoms with E-state index in [-0.39, 0.29) is 0 Å². The van der Waals surface area contributed by atoms with Gasteiger partial charge in [0.15, 0.2) is 0 Å². The molecule has 0 spiro atoms. The average molecular weight is 247 g/mol. The first-order chi connectivity index (χ1) is 8.27. The van der Waals surface area contributed by atoms with Gasteiger partial charge in [-0.15, -0.1) is 11.3 Å². The highest BCUT2D eigenvalue weighted by Gasteiger charge is 2.08. The predicted octanol–water partition coefficient (Wildman–Crippen LogP) is 2.12. The molecule has 2 rings (SSSR count). The van der Waals surface area contributed by atoms with Gasteiger partial charge in [0.1, 0.15) is 16.3 Å². The Morgan fingerprint density at radius 1 is 1.47 bits per heavy atom. The summed E-state index contributed by atoms with van der Waals surface area (Å²) in [4.78, 5) is 24.7. The lowest BCUT2D eigenvalue weighted by molar-refractivity contribution is 0.0522. The number of carbonyl (C=O) groups excluding carboxylic acids is 1. The Bertz CT molecular complexity index is 523. The Balaban J connectivity index is 2.04. The van der Waals surface area contributed by atoms with Crippen molar-refractivity contribution >= 4 is 23.0 Å². The summed E-state index contributed by atoms with van der Waals surface area (Å²) < 4.78 is 0. The van der Waals surface area contributed by atoms with Crippen LogP contribution in [0.2, 0.25) is 0 Å². The molecule has 0 amide bonds. The van der Waals surface area contributed by atoms with E-state index in [1.54, 1.807) is 43.0 Å². The Hall–Kier alpha value is -2.08. The molecule has 0 aliphatic carbocycles. The van der Waals surface area contributed by atoms with Crippen LogP contribution in [0.3, 0.4) is 0 Å². The molecule has 5 nitrogen and oxygen atoms in total. The third-order valence-electron chi connectivity index (χ3n) is 1.92. The van der Waals surface area contributed by atoms with Crippen molar-refractivity contribution in [2.45, 2.75) is 6.92 Å². The van der Waals surface area contributed by atoms with Crippen LogP contribution in [0.4, 0.5) is 0 Å². The number of oxime groups is 1. The van der Waals surface area contributed by atoms with Gasteiger partial charge >= 0.3 is 5.97 Å². The number of hydrogen-bond donors (Lipinski definition) is 0. The van der Waals surface area contributed by atoms with Crippen LogP contribution in [-0.2, 0) is 4.84 Å². The maximum absolute atomic E-state index is 11.5. The molecule has 17 heavy (non-hydrogen) atoms. The van der Waals surface area contributed by atoms with Gasteiger partial charge in [-0.25, -0.2) is 4.79 Å². The zero-order valence-electron chi connectivity index (χ0n) is 9.03. The molecule has 0 saturated carbocycles. The highest BCUT2D eigenvalue weighted by atomic mass is 32.1. The number of thiophene rings is 1. The number of rotatable bonds is 3. The summed E-state index contributed by atoms with van der Waals surface area (Å²) in [5.74, 6) is -0.469. The van der Waals surface area contributed by atoms with Crippen molar-refractivity contribution in [3.63, 3.8) is 0 Å². The fourth-order valence-corrected chi connectivity index (χ4v) is 1.68. The molecule has 2 heterocycles. The minimum Gasteiger partial charge on any atom is -0.312 e. The molecule has 2 aromatic heterocycles. The van der Waals surface area contributed by atoms with Crippen molar-refractivity contribution in [2.24, 2.45) is 5.16 Å². The SMILES string of the molecule is C/C(=N/OC(=O)c1cccs1)c1cnccn1. The minimum atomic E-state index is -0.469. The van der Waals surface area contributed by atoms with E-state index in [2.05, 4.69) is 15.1 Å². The van der Waals surface area contributed by atoms with E-state index in [1.165, 1.54) is 11.3 Å². The molecular weight excluding hydrogens is 238 g/mol. The molecular formula is C11H9N3O2S. The highest BCUT2D eigenvalue weighted by Crippen LogP contribution is 2.10. The Morgan fingerprint density at radius 2 is 2.35 bits per heavy atom.